The highest BCUT2D eigenvalue weighted by Crippen LogP contribution is 2.24. The van der Waals surface area contributed by atoms with Gasteiger partial charge in [-0.15, -0.1) is 0 Å². The molecule has 8 nitrogen and oxygen atoms in total. The molecule has 5 rings (SSSR count). The van der Waals surface area contributed by atoms with Gasteiger partial charge in [-0.25, -0.2) is 18.2 Å². The SMILES string of the molecule is O=c1[nH]c2cc(S(=O)(=O)Nc3ccc(-c4cn5ccccc5n4)cc3)ccc2o1. The zero-order valence-electron chi connectivity index (χ0n) is 14.9. The molecule has 29 heavy (non-hydrogen) atoms. The summed E-state index contributed by atoms with van der Waals surface area (Å²) >= 11 is 0. The third-order valence-corrected chi connectivity index (χ3v) is 5.88. The number of rotatable bonds is 4. The van der Waals surface area contributed by atoms with Crippen molar-refractivity contribution in [1.82, 2.24) is 14.4 Å². The van der Waals surface area contributed by atoms with E-state index in [1.165, 1.54) is 18.2 Å². The fraction of sp³-hybridized carbons (Fsp3) is 0. The van der Waals surface area contributed by atoms with E-state index in [4.69, 9.17) is 4.42 Å². The molecule has 2 N–H and O–H groups in total. The topological polar surface area (TPSA) is 109 Å². The van der Waals surface area contributed by atoms with E-state index in [0.29, 0.717) is 16.8 Å². The Labute approximate surface area is 164 Å². The number of pyridine rings is 1. The first kappa shape index (κ1) is 17.3. The predicted molar refractivity (Wildman–Crippen MR) is 108 cm³/mol. The van der Waals surface area contributed by atoms with Crippen LogP contribution in [0.2, 0.25) is 0 Å². The number of hydrogen-bond donors (Lipinski definition) is 2. The van der Waals surface area contributed by atoms with Crippen LogP contribution in [0.4, 0.5) is 5.69 Å². The van der Waals surface area contributed by atoms with Gasteiger partial charge in [-0.2, -0.15) is 0 Å². The fourth-order valence-corrected chi connectivity index (χ4v) is 4.18. The lowest BCUT2D eigenvalue weighted by Gasteiger charge is -2.08. The predicted octanol–water partition coefficient (Wildman–Crippen LogP) is 3.24. The normalized spacial score (nSPS) is 11.9. The number of imidazole rings is 1. The molecule has 3 heterocycles. The Hall–Kier alpha value is -3.85. The molecule has 0 bridgehead atoms. The van der Waals surface area contributed by atoms with Crippen LogP contribution in [0, 0.1) is 0 Å². The molecule has 0 radical (unpaired) electrons. The average Bonchev–Trinajstić information content (AvgIpc) is 3.30. The molecule has 0 unspecified atom stereocenters. The van der Waals surface area contributed by atoms with Gasteiger partial charge < -0.3 is 8.82 Å². The zero-order valence-corrected chi connectivity index (χ0v) is 15.7. The standard InChI is InChI=1S/C20H14N4O4S/c25-20-22-16-11-15(8-9-18(16)28-20)29(26,27)23-14-6-4-13(5-7-14)17-12-24-10-2-1-3-19(24)21-17/h1-12,23H,(H,22,25). The maximum Gasteiger partial charge on any atom is 0.417 e. The van der Waals surface area contributed by atoms with E-state index in [1.807, 2.05) is 35.0 Å². The summed E-state index contributed by atoms with van der Waals surface area (Å²) in [5.41, 5.74) is 3.53. The second-order valence-corrected chi connectivity index (χ2v) is 8.13. The van der Waals surface area contributed by atoms with Crippen LogP contribution in [0.1, 0.15) is 0 Å². The van der Waals surface area contributed by atoms with E-state index >= 15 is 0 Å². The Morgan fingerprint density at radius 3 is 2.66 bits per heavy atom. The number of fused-ring (bicyclic) bond motifs is 2. The molecule has 0 spiro atoms. The highest BCUT2D eigenvalue weighted by atomic mass is 32.2. The summed E-state index contributed by atoms with van der Waals surface area (Å²) < 4.78 is 34.7. The van der Waals surface area contributed by atoms with Crippen LogP contribution in [0.5, 0.6) is 0 Å². The molecule has 0 fully saturated rings. The lowest BCUT2D eigenvalue weighted by molar-refractivity contribution is 0.555. The van der Waals surface area contributed by atoms with Crippen molar-refractivity contribution in [2.24, 2.45) is 0 Å². The van der Waals surface area contributed by atoms with E-state index in [9.17, 15) is 13.2 Å². The number of sulfonamides is 1. The van der Waals surface area contributed by atoms with Crippen molar-refractivity contribution < 1.29 is 12.8 Å². The largest absolute Gasteiger partial charge is 0.417 e. The number of H-pyrrole nitrogens is 1. The van der Waals surface area contributed by atoms with Gasteiger partial charge in [0.15, 0.2) is 5.58 Å². The fourth-order valence-electron chi connectivity index (χ4n) is 3.10. The van der Waals surface area contributed by atoms with Crippen molar-refractivity contribution in [3.05, 3.63) is 83.6 Å². The van der Waals surface area contributed by atoms with Crippen LogP contribution >= 0.6 is 0 Å². The number of nitrogens with one attached hydrogen (secondary N) is 2. The third kappa shape index (κ3) is 3.17. The van der Waals surface area contributed by atoms with Gasteiger partial charge in [0.1, 0.15) is 5.65 Å². The minimum absolute atomic E-state index is 0.0199. The monoisotopic (exact) mass is 406 g/mol. The van der Waals surface area contributed by atoms with E-state index in [2.05, 4.69) is 14.7 Å². The summed E-state index contributed by atoms with van der Waals surface area (Å²) in [7, 11) is -3.83. The van der Waals surface area contributed by atoms with Gasteiger partial charge in [-0.1, -0.05) is 18.2 Å². The number of oxazole rings is 1. The number of benzene rings is 2. The maximum absolute atomic E-state index is 12.7. The number of nitrogens with zero attached hydrogens (tertiary/aromatic N) is 2. The molecular formula is C20H14N4O4S. The van der Waals surface area contributed by atoms with Gasteiger partial charge in [-0.05, 0) is 42.5 Å². The first-order valence-electron chi connectivity index (χ1n) is 8.68. The lowest BCUT2D eigenvalue weighted by atomic mass is 10.1. The molecule has 0 saturated carbocycles. The Morgan fingerprint density at radius 1 is 1.03 bits per heavy atom. The van der Waals surface area contributed by atoms with Crippen molar-refractivity contribution in [3.8, 4) is 11.3 Å². The molecule has 0 saturated heterocycles. The molecule has 2 aromatic carbocycles. The van der Waals surface area contributed by atoms with Crippen LogP contribution < -0.4 is 10.5 Å². The number of aromatic nitrogens is 3. The first-order chi connectivity index (χ1) is 14.0. The molecule has 3 aromatic heterocycles. The van der Waals surface area contributed by atoms with Gasteiger partial charge in [-0.3, -0.25) is 9.71 Å². The van der Waals surface area contributed by atoms with E-state index in [1.54, 1.807) is 24.3 Å². The summed E-state index contributed by atoms with van der Waals surface area (Å²) in [6, 6.07) is 16.9. The van der Waals surface area contributed by atoms with Crippen molar-refractivity contribution >= 4 is 32.5 Å². The van der Waals surface area contributed by atoms with Crippen LogP contribution in [0.3, 0.4) is 0 Å². The smallest absolute Gasteiger partial charge is 0.408 e. The molecule has 9 heteroatoms. The van der Waals surface area contributed by atoms with Crippen LogP contribution in [-0.4, -0.2) is 22.8 Å². The van der Waals surface area contributed by atoms with Gasteiger partial charge in [0.05, 0.1) is 16.1 Å². The molecule has 0 amide bonds. The van der Waals surface area contributed by atoms with E-state index in [-0.39, 0.29) is 4.90 Å². The average molecular weight is 406 g/mol. The zero-order chi connectivity index (χ0) is 20.0. The van der Waals surface area contributed by atoms with Crippen LogP contribution in [0.15, 0.2) is 87.2 Å². The van der Waals surface area contributed by atoms with Gasteiger partial charge in [0.2, 0.25) is 0 Å². The van der Waals surface area contributed by atoms with Crippen LogP contribution in [-0.2, 0) is 10.0 Å². The molecule has 0 aliphatic heterocycles. The molecule has 144 valence electrons. The van der Waals surface area contributed by atoms with Gasteiger partial charge in [0.25, 0.3) is 10.0 Å². The molecule has 0 atom stereocenters. The number of aromatic amines is 1. The first-order valence-corrected chi connectivity index (χ1v) is 10.2. The molecule has 0 aliphatic carbocycles. The molecule has 5 aromatic rings. The molecular weight excluding hydrogens is 392 g/mol. The summed E-state index contributed by atoms with van der Waals surface area (Å²) in [6.07, 6.45) is 3.83. The Bertz CT molecular complexity index is 1480. The van der Waals surface area contributed by atoms with Crippen molar-refractivity contribution in [2.45, 2.75) is 4.90 Å². The second kappa shape index (κ2) is 6.35. The van der Waals surface area contributed by atoms with Crippen molar-refractivity contribution in [1.29, 1.82) is 0 Å². The van der Waals surface area contributed by atoms with E-state index in [0.717, 1.165) is 16.9 Å². The minimum Gasteiger partial charge on any atom is -0.408 e. The highest BCUT2D eigenvalue weighted by molar-refractivity contribution is 7.92. The lowest BCUT2D eigenvalue weighted by Crippen LogP contribution is -2.12. The number of hydrogen-bond acceptors (Lipinski definition) is 5. The molecule has 0 aliphatic rings. The Balaban J connectivity index is 1.42. The van der Waals surface area contributed by atoms with Crippen LogP contribution in [0.25, 0.3) is 28.0 Å². The van der Waals surface area contributed by atoms with Gasteiger partial charge >= 0.3 is 5.76 Å². The summed E-state index contributed by atoms with van der Waals surface area (Å²) in [5.74, 6) is -0.634. The Morgan fingerprint density at radius 2 is 1.86 bits per heavy atom. The third-order valence-electron chi connectivity index (χ3n) is 4.50. The maximum atomic E-state index is 12.7. The van der Waals surface area contributed by atoms with Gasteiger partial charge in [0, 0.05) is 23.6 Å². The second-order valence-electron chi connectivity index (χ2n) is 6.45. The summed E-state index contributed by atoms with van der Waals surface area (Å²) in [6.45, 7) is 0. The minimum atomic E-state index is -3.83. The van der Waals surface area contributed by atoms with E-state index < -0.39 is 15.8 Å². The highest BCUT2D eigenvalue weighted by Gasteiger charge is 2.16. The summed E-state index contributed by atoms with van der Waals surface area (Å²) in [5, 5.41) is 0. The summed E-state index contributed by atoms with van der Waals surface area (Å²) in [4.78, 5) is 18.3. The Kier molecular flexibility index (Phi) is 3.78. The quantitative estimate of drug-likeness (QED) is 0.476. The van der Waals surface area contributed by atoms with Crippen molar-refractivity contribution in [3.63, 3.8) is 0 Å². The van der Waals surface area contributed by atoms with Crippen molar-refractivity contribution in [2.75, 3.05) is 4.72 Å². The number of anilines is 1.